The first-order valence-corrected chi connectivity index (χ1v) is 10.1. The lowest BCUT2D eigenvalue weighted by molar-refractivity contribution is 0.0971. The van der Waals surface area contributed by atoms with E-state index in [1.54, 1.807) is 4.90 Å². The first kappa shape index (κ1) is 18.3. The van der Waals surface area contributed by atoms with Gasteiger partial charge >= 0.3 is 0 Å². The van der Waals surface area contributed by atoms with Crippen LogP contribution in [0.2, 0.25) is 5.02 Å². The van der Waals surface area contributed by atoms with Crippen LogP contribution in [0.5, 0.6) is 0 Å². The van der Waals surface area contributed by atoms with Crippen molar-refractivity contribution in [2.75, 3.05) is 32.1 Å². The van der Waals surface area contributed by atoms with Crippen LogP contribution < -0.4 is 4.90 Å². The van der Waals surface area contributed by atoms with Crippen molar-refractivity contribution in [3.05, 3.63) is 34.4 Å². The maximum atomic E-state index is 13.3. The summed E-state index contributed by atoms with van der Waals surface area (Å²) in [6.07, 6.45) is 1.87. The van der Waals surface area contributed by atoms with E-state index in [1.807, 2.05) is 42.6 Å². The molecule has 1 aliphatic heterocycles. The number of carbonyl (C=O) groups excluding carboxylic acids is 1. The van der Waals surface area contributed by atoms with Crippen molar-refractivity contribution in [1.29, 1.82) is 0 Å². The minimum Gasteiger partial charge on any atom is -0.308 e. The van der Waals surface area contributed by atoms with Crippen LogP contribution in [0.1, 0.15) is 28.4 Å². The number of nitrogens with zero attached hydrogens (tertiary/aromatic N) is 6. The molecule has 1 amide bonds. The molecule has 2 aromatic heterocycles. The monoisotopic (exact) mass is 404 g/mol. The van der Waals surface area contributed by atoms with Crippen molar-refractivity contribution in [3.63, 3.8) is 0 Å². The molecule has 0 unspecified atom stereocenters. The predicted octanol–water partition coefficient (Wildman–Crippen LogP) is 3.00. The summed E-state index contributed by atoms with van der Waals surface area (Å²) in [7, 11) is 3.97. The number of fused-ring (bicyclic) bond motifs is 2. The largest absolute Gasteiger partial charge is 0.308 e. The van der Waals surface area contributed by atoms with Crippen LogP contribution in [0.15, 0.2) is 12.1 Å². The van der Waals surface area contributed by atoms with E-state index < -0.39 is 0 Å². The zero-order valence-electron chi connectivity index (χ0n) is 15.6. The fourth-order valence-corrected chi connectivity index (χ4v) is 4.42. The van der Waals surface area contributed by atoms with Gasteiger partial charge in [-0.05, 0) is 45.1 Å². The van der Waals surface area contributed by atoms with Crippen LogP contribution in [-0.2, 0) is 13.0 Å². The summed E-state index contributed by atoms with van der Waals surface area (Å²) in [5, 5.41) is 9.68. The Balaban J connectivity index is 1.74. The van der Waals surface area contributed by atoms with Gasteiger partial charge in [-0.2, -0.15) is 0 Å². The number of aryl methyl sites for hydroxylation is 2. The van der Waals surface area contributed by atoms with Gasteiger partial charge in [0.2, 0.25) is 5.82 Å². The Hall–Kier alpha value is -2.03. The molecule has 1 aromatic carbocycles. The molecular formula is C18H21ClN6OS. The van der Waals surface area contributed by atoms with E-state index in [0.717, 1.165) is 47.5 Å². The van der Waals surface area contributed by atoms with E-state index >= 15 is 0 Å². The number of benzene rings is 1. The fraction of sp³-hybridized carbons (Fsp3) is 0.444. The van der Waals surface area contributed by atoms with Gasteiger partial charge in [0.15, 0.2) is 5.13 Å². The van der Waals surface area contributed by atoms with Crippen molar-refractivity contribution in [3.8, 4) is 0 Å². The fourth-order valence-electron chi connectivity index (χ4n) is 3.22. The number of likely N-dealkylation sites (N-methyl/N-ethyl adjacent to an activating group) is 1. The lowest BCUT2D eigenvalue weighted by Crippen LogP contribution is -2.38. The first-order valence-electron chi connectivity index (χ1n) is 8.90. The molecule has 0 radical (unpaired) electrons. The number of amides is 1. The Morgan fingerprint density at radius 2 is 2.11 bits per heavy atom. The molecule has 0 fully saturated rings. The zero-order chi connectivity index (χ0) is 19.1. The number of carbonyl (C=O) groups is 1. The highest BCUT2D eigenvalue weighted by atomic mass is 35.5. The molecule has 0 atom stereocenters. The Labute approximate surface area is 166 Å². The van der Waals surface area contributed by atoms with Gasteiger partial charge < -0.3 is 9.47 Å². The summed E-state index contributed by atoms with van der Waals surface area (Å²) in [5.74, 6) is 1.13. The highest BCUT2D eigenvalue weighted by Crippen LogP contribution is 2.34. The molecule has 142 valence electrons. The van der Waals surface area contributed by atoms with E-state index in [9.17, 15) is 4.79 Å². The molecule has 9 heteroatoms. The molecule has 4 rings (SSSR count). The summed E-state index contributed by atoms with van der Waals surface area (Å²) < 4.78 is 2.95. The SMILES string of the molecule is Cc1c(Cl)ccc2sc(N(CCN(C)C)C(=O)c3nnc4n3CCC4)nc12. The highest BCUT2D eigenvalue weighted by Gasteiger charge is 2.29. The van der Waals surface area contributed by atoms with E-state index in [1.165, 1.54) is 11.3 Å². The molecule has 0 saturated carbocycles. The number of rotatable bonds is 5. The second kappa shape index (κ2) is 7.18. The molecule has 3 aromatic rings. The van der Waals surface area contributed by atoms with Crippen molar-refractivity contribution in [2.24, 2.45) is 0 Å². The van der Waals surface area contributed by atoms with Gasteiger partial charge in [0, 0.05) is 31.1 Å². The van der Waals surface area contributed by atoms with Gasteiger partial charge in [0.1, 0.15) is 5.82 Å². The lowest BCUT2D eigenvalue weighted by atomic mass is 10.2. The third-order valence-corrected chi connectivity index (χ3v) is 6.24. The smallest absolute Gasteiger partial charge is 0.298 e. The average Bonchev–Trinajstić information content (AvgIpc) is 3.33. The lowest BCUT2D eigenvalue weighted by Gasteiger charge is -2.21. The third-order valence-electron chi connectivity index (χ3n) is 4.78. The van der Waals surface area contributed by atoms with Crippen LogP contribution in [0.3, 0.4) is 0 Å². The molecule has 7 nitrogen and oxygen atoms in total. The van der Waals surface area contributed by atoms with Crippen LogP contribution in [-0.4, -0.2) is 57.7 Å². The van der Waals surface area contributed by atoms with Crippen molar-refractivity contribution >= 4 is 44.2 Å². The quantitative estimate of drug-likeness (QED) is 0.654. The molecule has 0 bridgehead atoms. The molecule has 0 spiro atoms. The third kappa shape index (κ3) is 3.33. The van der Waals surface area contributed by atoms with Gasteiger partial charge in [-0.3, -0.25) is 9.69 Å². The Morgan fingerprint density at radius 1 is 1.30 bits per heavy atom. The van der Waals surface area contributed by atoms with E-state index in [-0.39, 0.29) is 5.91 Å². The second-order valence-corrected chi connectivity index (χ2v) is 8.39. The maximum absolute atomic E-state index is 13.3. The minimum absolute atomic E-state index is 0.152. The Bertz CT molecular complexity index is 1010. The molecule has 27 heavy (non-hydrogen) atoms. The first-order chi connectivity index (χ1) is 13.0. The van der Waals surface area contributed by atoms with Gasteiger partial charge in [-0.1, -0.05) is 22.9 Å². The van der Waals surface area contributed by atoms with Crippen LogP contribution >= 0.6 is 22.9 Å². The number of anilines is 1. The normalized spacial score (nSPS) is 13.5. The summed E-state index contributed by atoms with van der Waals surface area (Å²) in [5.41, 5.74) is 1.77. The molecule has 1 aliphatic rings. The Kier molecular flexibility index (Phi) is 4.88. The summed E-state index contributed by atoms with van der Waals surface area (Å²) in [4.78, 5) is 21.8. The summed E-state index contributed by atoms with van der Waals surface area (Å²) in [6.45, 7) is 3.99. The summed E-state index contributed by atoms with van der Waals surface area (Å²) >= 11 is 7.74. The van der Waals surface area contributed by atoms with E-state index in [4.69, 9.17) is 16.6 Å². The van der Waals surface area contributed by atoms with Gasteiger partial charge in [0.25, 0.3) is 5.91 Å². The standard InChI is InChI=1S/C18H21ClN6OS/c1-11-12(19)6-7-13-15(11)20-18(27-13)25(10-9-23(2)3)17(26)16-22-21-14-5-4-8-24(14)16/h6-7H,4-5,8-10H2,1-3H3. The molecule has 0 aliphatic carbocycles. The maximum Gasteiger partial charge on any atom is 0.298 e. The van der Waals surface area contributed by atoms with Crippen molar-refractivity contribution in [2.45, 2.75) is 26.3 Å². The van der Waals surface area contributed by atoms with Crippen molar-refractivity contribution in [1.82, 2.24) is 24.6 Å². The number of halogens is 1. The van der Waals surface area contributed by atoms with E-state index in [2.05, 4.69) is 10.2 Å². The minimum atomic E-state index is -0.152. The molecule has 0 N–H and O–H groups in total. The second-order valence-electron chi connectivity index (χ2n) is 6.97. The van der Waals surface area contributed by atoms with E-state index in [0.29, 0.717) is 22.5 Å². The topological polar surface area (TPSA) is 67.2 Å². The van der Waals surface area contributed by atoms with Gasteiger partial charge in [-0.25, -0.2) is 4.98 Å². The zero-order valence-corrected chi connectivity index (χ0v) is 17.1. The predicted molar refractivity (Wildman–Crippen MR) is 108 cm³/mol. The number of hydrogen-bond donors (Lipinski definition) is 0. The molecule has 0 saturated heterocycles. The van der Waals surface area contributed by atoms with Crippen molar-refractivity contribution < 1.29 is 4.79 Å². The van der Waals surface area contributed by atoms with Crippen LogP contribution in [0, 0.1) is 6.92 Å². The number of thiazole rings is 1. The Morgan fingerprint density at radius 3 is 2.89 bits per heavy atom. The van der Waals surface area contributed by atoms with Gasteiger partial charge in [0.05, 0.1) is 10.2 Å². The molecular weight excluding hydrogens is 384 g/mol. The summed E-state index contributed by atoms with van der Waals surface area (Å²) in [6, 6.07) is 3.83. The van der Waals surface area contributed by atoms with Crippen LogP contribution in [0.4, 0.5) is 5.13 Å². The van der Waals surface area contributed by atoms with Crippen LogP contribution in [0.25, 0.3) is 10.2 Å². The average molecular weight is 405 g/mol. The number of aromatic nitrogens is 4. The number of hydrogen-bond acceptors (Lipinski definition) is 6. The van der Waals surface area contributed by atoms with Gasteiger partial charge in [-0.15, -0.1) is 10.2 Å². The highest BCUT2D eigenvalue weighted by molar-refractivity contribution is 7.22. The molecule has 3 heterocycles.